The van der Waals surface area contributed by atoms with E-state index in [1.54, 1.807) is 18.2 Å². The van der Waals surface area contributed by atoms with Crippen LogP contribution >= 0.6 is 23.2 Å². The smallest absolute Gasteiger partial charge is 0.224 e. The Morgan fingerprint density at radius 1 is 1.12 bits per heavy atom. The standard InChI is InChI=1S/C28H34Cl2N2O2/c1-32(17-19-5-6-19)12-11-28(21-3-2-4-24(33)15-21)16-23(9-8-22(28)18-32)31-27(34)14-20-7-10-25(29)26(30)13-20/h2-4,7,10,13,15,19,22-23H,5-6,8-9,11-12,14,16-18H2,1H3,(H-,31,33,34)/p+1/t22?,23-,28+,32-/m1/s1. The number of halogens is 2. The van der Waals surface area contributed by atoms with E-state index in [0.717, 1.165) is 43.7 Å². The normalized spacial score (nSPS) is 31.0. The van der Waals surface area contributed by atoms with Gasteiger partial charge in [0.05, 0.1) is 43.1 Å². The van der Waals surface area contributed by atoms with Crippen LogP contribution < -0.4 is 5.32 Å². The van der Waals surface area contributed by atoms with E-state index >= 15 is 0 Å². The highest BCUT2D eigenvalue weighted by molar-refractivity contribution is 6.42. The number of phenols is 1. The van der Waals surface area contributed by atoms with Crippen molar-refractivity contribution in [3.63, 3.8) is 0 Å². The Kier molecular flexibility index (Phi) is 6.60. The molecule has 2 saturated carbocycles. The van der Waals surface area contributed by atoms with Gasteiger partial charge in [0.1, 0.15) is 5.75 Å². The molecule has 1 unspecified atom stereocenters. The quantitative estimate of drug-likeness (QED) is 0.496. The number of likely N-dealkylation sites (tertiary alicyclic amines) is 1. The molecule has 1 saturated heterocycles. The van der Waals surface area contributed by atoms with E-state index in [4.69, 9.17) is 23.2 Å². The molecule has 34 heavy (non-hydrogen) atoms. The summed E-state index contributed by atoms with van der Waals surface area (Å²) in [7, 11) is 2.44. The van der Waals surface area contributed by atoms with Crippen LogP contribution in [-0.4, -0.2) is 48.2 Å². The summed E-state index contributed by atoms with van der Waals surface area (Å²) in [5.74, 6) is 1.83. The molecule has 2 aliphatic carbocycles. The van der Waals surface area contributed by atoms with Gasteiger partial charge >= 0.3 is 0 Å². The molecule has 2 aromatic rings. The molecular formula is C28H35Cl2N2O2+. The van der Waals surface area contributed by atoms with E-state index < -0.39 is 0 Å². The molecule has 1 aliphatic heterocycles. The minimum atomic E-state index is -0.000171. The van der Waals surface area contributed by atoms with Gasteiger partial charge in [-0.1, -0.05) is 41.4 Å². The monoisotopic (exact) mass is 501 g/mol. The molecule has 2 aromatic carbocycles. The summed E-state index contributed by atoms with van der Waals surface area (Å²) in [6.45, 7) is 3.65. The molecule has 3 fully saturated rings. The van der Waals surface area contributed by atoms with E-state index in [0.29, 0.717) is 28.1 Å². The van der Waals surface area contributed by atoms with E-state index in [-0.39, 0.29) is 17.4 Å². The highest BCUT2D eigenvalue weighted by Gasteiger charge is 2.53. The van der Waals surface area contributed by atoms with Gasteiger partial charge in [-0.25, -0.2) is 0 Å². The first kappa shape index (κ1) is 24.0. The van der Waals surface area contributed by atoms with E-state index in [1.165, 1.54) is 36.0 Å². The van der Waals surface area contributed by atoms with Crippen LogP contribution in [0.4, 0.5) is 0 Å². The number of quaternary nitrogens is 1. The Morgan fingerprint density at radius 2 is 1.94 bits per heavy atom. The number of phenolic OH excluding ortho intramolecular Hbond substituents is 1. The molecule has 2 N–H and O–H groups in total. The molecule has 4 atom stereocenters. The summed E-state index contributed by atoms with van der Waals surface area (Å²) in [5.41, 5.74) is 2.10. The molecule has 0 spiro atoms. The van der Waals surface area contributed by atoms with Crippen molar-refractivity contribution in [3.8, 4) is 5.75 Å². The number of hydrogen-bond acceptors (Lipinski definition) is 2. The van der Waals surface area contributed by atoms with E-state index in [9.17, 15) is 9.90 Å². The first-order valence-corrected chi connectivity index (χ1v) is 13.4. The largest absolute Gasteiger partial charge is 0.508 e. The van der Waals surface area contributed by atoms with Crippen LogP contribution in [-0.2, 0) is 16.6 Å². The third kappa shape index (κ3) is 5.10. The number of benzene rings is 2. The number of nitrogens with zero attached hydrogens (tertiary/aromatic N) is 1. The zero-order valence-electron chi connectivity index (χ0n) is 19.9. The third-order valence-corrected chi connectivity index (χ3v) is 9.28. The van der Waals surface area contributed by atoms with Crippen molar-refractivity contribution in [2.45, 2.75) is 56.4 Å². The van der Waals surface area contributed by atoms with Gasteiger partial charge in [-0.3, -0.25) is 4.79 Å². The molecule has 1 heterocycles. The summed E-state index contributed by atoms with van der Waals surface area (Å²) in [6, 6.07) is 13.4. The first-order chi connectivity index (χ1) is 16.2. The Morgan fingerprint density at radius 3 is 2.68 bits per heavy atom. The average Bonchev–Trinajstić information content (AvgIpc) is 3.60. The van der Waals surface area contributed by atoms with Crippen LogP contribution in [0.25, 0.3) is 0 Å². The minimum absolute atomic E-state index is 0.000171. The molecule has 4 nitrogen and oxygen atoms in total. The maximum absolute atomic E-state index is 12.9. The second kappa shape index (κ2) is 9.37. The molecule has 5 rings (SSSR count). The Labute approximate surface area is 212 Å². The second-order valence-electron chi connectivity index (χ2n) is 11.3. The Bertz CT molecular complexity index is 1070. The summed E-state index contributed by atoms with van der Waals surface area (Å²) in [5, 5.41) is 14.6. The highest BCUT2D eigenvalue weighted by Crippen LogP contribution is 2.51. The molecule has 1 amide bonds. The SMILES string of the molecule is C[N@+]1(CC2CC2)CC[C@@]2(c3cccc(O)c3)C[C@H](NC(=O)Cc3ccc(Cl)c(Cl)c3)CCC2C1. The van der Waals surface area contributed by atoms with Crippen molar-refractivity contribution >= 4 is 29.1 Å². The zero-order chi connectivity index (χ0) is 23.9. The number of hydrogen-bond donors (Lipinski definition) is 2. The fourth-order valence-corrected chi connectivity index (χ4v) is 7.01. The van der Waals surface area contributed by atoms with Crippen molar-refractivity contribution in [1.82, 2.24) is 5.32 Å². The zero-order valence-corrected chi connectivity index (χ0v) is 21.4. The number of carbonyl (C=O) groups excluding carboxylic acids is 1. The van der Waals surface area contributed by atoms with E-state index in [2.05, 4.69) is 18.4 Å². The average molecular weight is 503 g/mol. The molecule has 6 heteroatoms. The molecule has 182 valence electrons. The number of amides is 1. The van der Waals surface area contributed by atoms with Gasteiger partial charge in [-0.2, -0.15) is 0 Å². The first-order valence-electron chi connectivity index (χ1n) is 12.6. The lowest BCUT2D eigenvalue weighted by Gasteiger charge is -2.55. The maximum atomic E-state index is 12.9. The van der Waals surface area contributed by atoms with Crippen LogP contribution in [0.15, 0.2) is 42.5 Å². The van der Waals surface area contributed by atoms with E-state index in [1.807, 2.05) is 18.2 Å². The summed E-state index contributed by atoms with van der Waals surface area (Å²) < 4.78 is 1.17. The lowest BCUT2D eigenvalue weighted by atomic mass is 9.57. The van der Waals surface area contributed by atoms with Crippen molar-refractivity contribution in [2.75, 3.05) is 26.7 Å². The molecule has 0 radical (unpaired) electrons. The topological polar surface area (TPSA) is 49.3 Å². The third-order valence-electron chi connectivity index (χ3n) is 8.55. The Hall–Kier alpha value is -1.75. The van der Waals surface area contributed by atoms with Gasteiger partial charge < -0.3 is 14.9 Å². The fraction of sp³-hybridized carbons (Fsp3) is 0.536. The number of aromatic hydroxyl groups is 1. The molecule has 3 aliphatic rings. The van der Waals surface area contributed by atoms with Gasteiger partial charge in [0.2, 0.25) is 5.91 Å². The van der Waals surface area contributed by atoms with Crippen molar-refractivity contribution in [1.29, 1.82) is 0 Å². The van der Waals surface area contributed by atoms with Gasteiger partial charge in [0.25, 0.3) is 0 Å². The number of fused-ring (bicyclic) bond motifs is 1. The van der Waals surface area contributed by atoms with Gasteiger partial charge in [-0.05, 0) is 67.5 Å². The fourth-order valence-electron chi connectivity index (χ4n) is 6.69. The predicted molar refractivity (Wildman–Crippen MR) is 137 cm³/mol. The predicted octanol–water partition coefficient (Wildman–Crippen LogP) is 5.72. The lowest BCUT2D eigenvalue weighted by Crippen LogP contribution is -2.62. The molecular weight excluding hydrogens is 467 g/mol. The summed E-state index contributed by atoms with van der Waals surface area (Å²) >= 11 is 12.2. The molecule has 0 aromatic heterocycles. The lowest BCUT2D eigenvalue weighted by molar-refractivity contribution is -0.921. The van der Waals surface area contributed by atoms with Gasteiger partial charge in [0, 0.05) is 29.7 Å². The second-order valence-corrected chi connectivity index (χ2v) is 12.1. The number of nitrogens with one attached hydrogen (secondary N) is 1. The Balaban J connectivity index is 1.33. The summed E-state index contributed by atoms with van der Waals surface area (Å²) in [6.07, 6.45) is 7.22. The van der Waals surface area contributed by atoms with Gasteiger partial charge in [-0.15, -0.1) is 0 Å². The number of carbonyl (C=O) groups is 1. The van der Waals surface area contributed by atoms with Crippen LogP contribution in [0.2, 0.25) is 10.0 Å². The van der Waals surface area contributed by atoms with Gasteiger partial charge in [0.15, 0.2) is 0 Å². The van der Waals surface area contributed by atoms with Crippen molar-refractivity contribution < 1.29 is 14.4 Å². The van der Waals surface area contributed by atoms with Crippen LogP contribution in [0, 0.1) is 11.8 Å². The van der Waals surface area contributed by atoms with Crippen molar-refractivity contribution in [2.24, 2.45) is 11.8 Å². The van der Waals surface area contributed by atoms with Crippen molar-refractivity contribution in [3.05, 3.63) is 63.6 Å². The highest BCUT2D eigenvalue weighted by atomic mass is 35.5. The summed E-state index contributed by atoms with van der Waals surface area (Å²) in [4.78, 5) is 12.9. The molecule has 0 bridgehead atoms. The van der Waals surface area contributed by atoms with Crippen LogP contribution in [0.5, 0.6) is 5.75 Å². The van der Waals surface area contributed by atoms with Crippen LogP contribution in [0.1, 0.15) is 49.7 Å². The number of piperidine rings is 1. The maximum Gasteiger partial charge on any atom is 0.224 e. The van der Waals surface area contributed by atoms with Crippen LogP contribution in [0.3, 0.4) is 0 Å². The minimum Gasteiger partial charge on any atom is -0.508 e. The number of rotatable bonds is 6.